The topological polar surface area (TPSA) is 75.6 Å². The van der Waals surface area contributed by atoms with E-state index in [0.29, 0.717) is 0 Å². The molecule has 0 spiro atoms. The molecule has 0 heterocycles. The van der Waals surface area contributed by atoms with Gasteiger partial charge >= 0.3 is 5.97 Å². The van der Waals surface area contributed by atoms with Gasteiger partial charge in [-0.05, 0) is 44.9 Å². The summed E-state index contributed by atoms with van der Waals surface area (Å²) in [7, 11) is 0. The summed E-state index contributed by atoms with van der Waals surface area (Å²) in [6, 6.07) is 4.70. The van der Waals surface area contributed by atoms with Gasteiger partial charge in [0.05, 0.1) is 12.0 Å². The van der Waals surface area contributed by atoms with E-state index >= 15 is 0 Å². The van der Waals surface area contributed by atoms with Gasteiger partial charge in [-0.25, -0.2) is 4.79 Å². The molecule has 1 rings (SSSR count). The molecule has 0 bridgehead atoms. The maximum Gasteiger partial charge on any atom is 0.326 e. The van der Waals surface area contributed by atoms with E-state index in [1.165, 1.54) is 0 Å². The highest BCUT2D eigenvalue weighted by Crippen LogP contribution is 2.17. The average molecular weight is 386 g/mol. The second-order valence-electron chi connectivity index (χ2n) is 6.47. The van der Waals surface area contributed by atoms with Gasteiger partial charge in [-0.2, -0.15) is 0 Å². The van der Waals surface area contributed by atoms with E-state index < -0.39 is 12.0 Å². The third kappa shape index (κ3) is 7.61. The van der Waals surface area contributed by atoms with Crippen LogP contribution in [0.1, 0.15) is 38.3 Å². The molecule has 1 amide bonds. The Hall–Kier alpha value is -1.40. The smallest absolute Gasteiger partial charge is 0.326 e. The predicted octanol–water partition coefficient (Wildman–Crippen LogP) is 3.07. The summed E-state index contributed by atoms with van der Waals surface area (Å²) < 4.78 is 6.44. The Morgan fingerprint density at radius 2 is 2.00 bits per heavy atom. The summed E-state index contributed by atoms with van der Waals surface area (Å²) >= 11 is 3.42. The fourth-order valence-corrected chi connectivity index (χ4v) is 2.34. The predicted molar refractivity (Wildman–Crippen MR) is 92.5 cm³/mol. The standard InChI is InChI=1S/C17H24BrNO4/c1-11-5-6-12(9-13(11)18)10-15(20)19-14(16(21)22)7-8-23-17(2,3)4/h5-6,9,14H,7-8,10H2,1-4H3,(H,19,20)(H,21,22). The van der Waals surface area contributed by atoms with Crippen LogP contribution in [0.4, 0.5) is 0 Å². The Balaban J connectivity index is 2.56. The van der Waals surface area contributed by atoms with Gasteiger partial charge in [-0.3, -0.25) is 4.79 Å². The van der Waals surface area contributed by atoms with E-state index in [1.54, 1.807) is 0 Å². The van der Waals surface area contributed by atoms with Crippen molar-refractivity contribution in [3.05, 3.63) is 33.8 Å². The van der Waals surface area contributed by atoms with Gasteiger partial charge in [0.1, 0.15) is 6.04 Å². The first kappa shape index (κ1) is 19.6. The lowest BCUT2D eigenvalue weighted by Crippen LogP contribution is -2.42. The lowest BCUT2D eigenvalue weighted by atomic mass is 10.1. The largest absolute Gasteiger partial charge is 0.480 e. The van der Waals surface area contributed by atoms with Crippen molar-refractivity contribution >= 4 is 27.8 Å². The molecule has 0 fully saturated rings. The summed E-state index contributed by atoms with van der Waals surface area (Å²) in [5.41, 5.74) is 1.58. The molecule has 23 heavy (non-hydrogen) atoms. The number of carbonyl (C=O) groups is 2. The number of carboxylic acids is 1. The van der Waals surface area contributed by atoms with Crippen LogP contribution in [0.15, 0.2) is 22.7 Å². The third-order valence-electron chi connectivity index (χ3n) is 3.18. The number of aliphatic carboxylic acids is 1. The van der Waals surface area contributed by atoms with Gasteiger partial charge in [0.2, 0.25) is 5.91 Å². The van der Waals surface area contributed by atoms with Gasteiger partial charge in [0.25, 0.3) is 0 Å². The molecule has 2 N–H and O–H groups in total. The fraction of sp³-hybridized carbons (Fsp3) is 0.529. The van der Waals surface area contributed by atoms with Crippen LogP contribution in [0.25, 0.3) is 0 Å². The molecule has 1 atom stereocenters. The second-order valence-corrected chi connectivity index (χ2v) is 7.32. The quantitative estimate of drug-likeness (QED) is 0.755. The maximum absolute atomic E-state index is 12.1. The molecule has 0 aliphatic rings. The molecular formula is C17H24BrNO4. The number of carbonyl (C=O) groups excluding carboxylic acids is 1. The lowest BCUT2D eigenvalue weighted by Gasteiger charge is -2.21. The molecule has 0 aromatic heterocycles. The van der Waals surface area contributed by atoms with Gasteiger partial charge in [0, 0.05) is 17.5 Å². The number of aryl methyl sites for hydroxylation is 1. The Morgan fingerprint density at radius 3 is 2.52 bits per heavy atom. The van der Waals surface area contributed by atoms with Crippen LogP contribution < -0.4 is 5.32 Å². The minimum atomic E-state index is -1.05. The first-order chi connectivity index (χ1) is 10.6. The Kier molecular flexibility index (Phi) is 7.22. The highest BCUT2D eigenvalue weighted by molar-refractivity contribution is 9.10. The minimum Gasteiger partial charge on any atom is -0.480 e. The van der Waals surface area contributed by atoms with Crippen molar-refractivity contribution in [1.29, 1.82) is 0 Å². The molecule has 1 aromatic rings. The third-order valence-corrected chi connectivity index (χ3v) is 4.03. The van der Waals surface area contributed by atoms with Crippen molar-refractivity contribution in [2.45, 2.75) is 52.2 Å². The molecule has 5 nitrogen and oxygen atoms in total. The lowest BCUT2D eigenvalue weighted by molar-refractivity contribution is -0.142. The highest BCUT2D eigenvalue weighted by atomic mass is 79.9. The zero-order chi connectivity index (χ0) is 17.6. The Morgan fingerprint density at radius 1 is 1.35 bits per heavy atom. The Bertz CT molecular complexity index is 566. The van der Waals surface area contributed by atoms with Gasteiger partial charge in [0.15, 0.2) is 0 Å². The summed E-state index contributed by atoms with van der Waals surface area (Å²) in [6.45, 7) is 7.93. The summed E-state index contributed by atoms with van der Waals surface area (Å²) in [5, 5.41) is 11.8. The molecule has 0 radical (unpaired) electrons. The second kappa shape index (κ2) is 8.45. The maximum atomic E-state index is 12.1. The SMILES string of the molecule is Cc1ccc(CC(=O)NC(CCOC(C)(C)C)C(=O)O)cc1Br. The van der Waals surface area contributed by atoms with Crippen LogP contribution in [0.2, 0.25) is 0 Å². The van der Waals surface area contributed by atoms with Crippen LogP contribution >= 0.6 is 15.9 Å². The summed E-state index contributed by atoms with van der Waals surface area (Å²) in [4.78, 5) is 23.3. The van der Waals surface area contributed by atoms with Crippen molar-refractivity contribution in [2.24, 2.45) is 0 Å². The molecule has 1 aromatic carbocycles. The highest BCUT2D eigenvalue weighted by Gasteiger charge is 2.21. The van der Waals surface area contributed by atoms with Gasteiger partial charge in [-0.15, -0.1) is 0 Å². The normalized spacial score (nSPS) is 12.7. The summed E-state index contributed by atoms with van der Waals surface area (Å²) in [6.07, 6.45) is 0.374. The van der Waals surface area contributed by atoms with Crippen LogP contribution in [-0.2, 0) is 20.7 Å². The number of amides is 1. The number of benzene rings is 1. The van der Waals surface area contributed by atoms with Crippen molar-refractivity contribution in [3.63, 3.8) is 0 Å². The van der Waals surface area contributed by atoms with E-state index in [0.717, 1.165) is 15.6 Å². The molecular weight excluding hydrogens is 362 g/mol. The van der Waals surface area contributed by atoms with Crippen molar-refractivity contribution in [3.8, 4) is 0 Å². The van der Waals surface area contributed by atoms with Gasteiger partial charge < -0.3 is 15.2 Å². The minimum absolute atomic E-state index is 0.142. The fourth-order valence-electron chi connectivity index (χ4n) is 1.92. The van der Waals surface area contributed by atoms with Crippen molar-refractivity contribution in [1.82, 2.24) is 5.32 Å². The zero-order valence-electron chi connectivity index (χ0n) is 14.0. The Labute approximate surface area is 145 Å². The number of hydrogen-bond donors (Lipinski definition) is 2. The number of rotatable bonds is 7. The number of ether oxygens (including phenoxy) is 1. The molecule has 0 saturated heterocycles. The number of nitrogens with one attached hydrogen (secondary N) is 1. The summed E-state index contributed by atoms with van der Waals surface area (Å²) in [5.74, 6) is -1.37. The molecule has 0 aliphatic carbocycles. The first-order valence-corrected chi connectivity index (χ1v) is 8.29. The van der Waals surface area contributed by atoms with Crippen LogP contribution in [0.3, 0.4) is 0 Å². The first-order valence-electron chi connectivity index (χ1n) is 7.49. The molecule has 1 unspecified atom stereocenters. The van der Waals surface area contributed by atoms with E-state index in [1.807, 2.05) is 45.9 Å². The van der Waals surface area contributed by atoms with Gasteiger partial charge in [-0.1, -0.05) is 28.1 Å². The zero-order valence-corrected chi connectivity index (χ0v) is 15.6. The number of carboxylic acid groups (broad SMARTS) is 1. The van der Waals surface area contributed by atoms with Crippen molar-refractivity contribution < 1.29 is 19.4 Å². The van der Waals surface area contributed by atoms with E-state index in [-0.39, 0.29) is 31.0 Å². The molecule has 0 saturated carbocycles. The van der Waals surface area contributed by atoms with E-state index in [4.69, 9.17) is 4.74 Å². The molecule has 6 heteroatoms. The van der Waals surface area contributed by atoms with Crippen molar-refractivity contribution in [2.75, 3.05) is 6.61 Å². The molecule has 128 valence electrons. The van der Waals surface area contributed by atoms with Crippen LogP contribution in [0, 0.1) is 6.92 Å². The average Bonchev–Trinajstić information content (AvgIpc) is 2.40. The van der Waals surface area contributed by atoms with E-state index in [2.05, 4.69) is 21.2 Å². The number of hydrogen-bond acceptors (Lipinski definition) is 3. The molecule has 0 aliphatic heterocycles. The number of halogens is 1. The van der Waals surface area contributed by atoms with Crippen LogP contribution in [-0.4, -0.2) is 35.2 Å². The monoisotopic (exact) mass is 385 g/mol. The van der Waals surface area contributed by atoms with Crippen LogP contribution in [0.5, 0.6) is 0 Å². The van der Waals surface area contributed by atoms with E-state index in [9.17, 15) is 14.7 Å².